The topological polar surface area (TPSA) is 78.7 Å². The fraction of sp³-hybridized carbons (Fsp3) is 0.375. The summed E-state index contributed by atoms with van der Waals surface area (Å²) in [6.45, 7) is 6.29. The van der Waals surface area contributed by atoms with E-state index >= 15 is 0 Å². The standard InChI is InChI=1S/C32H39IN2O6S/c1-22(2)29-31(26-10-7-8-17-35(26)32(29)33)42(36,37)25-13-11-24(12-14-25)41-19-9-16-34(3)18-15-23-20-27(38-4)30(40-6)28(21-23)39-5/h7-8,10-14,17,20-22H,9,15-16,18-19H2,1-6H3. The van der Waals surface area contributed by atoms with Crippen molar-refractivity contribution < 1.29 is 27.4 Å². The van der Waals surface area contributed by atoms with Crippen LogP contribution in [0.4, 0.5) is 0 Å². The molecule has 0 aliphatic carbocycles. The molecule has 226 valence electrons. The molecule has 4 rings (SSSR count). The van der Waals surface area contributed by atoms with Crippen LogP contribution in [-0.2, 0) is 16.3 Å². The minimum atomic E-state index is -3.73. The molecule has 4 aromatic rings. The van der Waals surface area contributed by atoms with Crippen molar-refractivity contribution in [2.45, 2.75) is 42.4 Å². The molecule has 0 spiro atoms. The van der Waals surface area contributed by atoms with Crippen LogP contribution in [0.5, 0.6) is 23.0 Å². The minimum absolute atomic E-state index is 0.0594. The molecule has 0 saturated heterocycles. The van der Waals surface area contributed by atoms with Gasteiger partial charge in [-0.25, -0.2) is 8.42 Å². The summed E-state index contributed by atoms with van der Waals surface area (Å²) in [5, 5.41) is 0. The van der Waals surface area contributed by atoms with Gasteiger partial charge in [0.2, 0.25) is 15.6 Å². The van der Waals surface area contributed by atoms with E-state index in [0.717, 1.165) is 40.8 Å². The molecule has 0 saturated carbocycles. The molecule has 2 aromatic carbocycles. The van der Waals surface area contributed by atoms with Crippen LogP contribution in [0.1, 0.15) is 37.3 Å². The molecule has 2 aromatic heterocycles. The molecule has 0 fully saturated rings. The maximum atomic E-state index is 13.8. The highest BCUT2D eigenvalue weighted by molar-refractivity contribution is 14.1. The lowest BCUT2D eigenvalue weighted by Gasteiger charge is -2.18. The van der Waals surface area contributed by atoms with E-state index < -0.39 is 9.84 Å². The maximum absolute atomic E-state index is 13.8. The Kier molecular flexibility index (Phi) is 10.7. The lowest BCUT2D eigenvalue weighted by molar-refractivity contribution is 0.263. The van der Waals surface area contributed by atoms with Crippen molar-refractivity contribution in [3.63, 3.8) is 0 Å². The summed E-state index contributed by atoms with van der Waals surface area (Å²) in [6.07, 6.45) is 3.57. The van der Waals surface area contributed by atoms with Gasteiger partial charge in [0, 0.05) is 24.8 Å². The number of benzene rings is 2. The van der Waals surface area contributed by atoms with E-state index in [-0.39, 0.29) is 10.8 Å². The third-order valence-corrected chi connectivity index (χ3v) is 10.2. The van der Waals surface area contributed by atoms with Crippen molar-refractivity contribution >= 4 is 37.9 Å². The second-order valence-electron chi connectivity index (χ2n) is 10.4. The number of nitrogens with zero attached hydrogens (tertiary/aromatic N) is 2. The molecule has 0 amide bonds. The molecule has 8 nitrogen and oxygen atoms in total. The lowest BCUT2D eigenvalue weighted by atomic mass is 10.1. The second-order valence-corrected chi connectivity index (χ2v) is 13.3. The molecule has 0 atom stereocenters. The van der Waals surface area contributed by atoms with Crippen molar-refractivity contribution in [1.82, 2.24) is 9.30 Å². The van der Waals surface area contributed by atoms with Gasteiger partial charge in [-0.2, -0.15) is 0 Å². The molecule has 0 aliphatic heterocycles. The predicted octanol–water partition coefficient (Wildman–Crippen LogP) is 6.47. The van der Waals surface area contributed by atoms with Gasteiger partial charge in [-0.3, -0.25) is 0 Å². The summed E-state index contributed by atoms with van der Waals surface area (Å²) in [5.41, 5.74) is 2.64. The Labute approximate surface area is 262 Å². The Bertz CT molecular complexity index is 1590. The quantitative estimate of drug-likeness (QED) is 0.110. The van der Waals surface area contributed by atoms with Gasteiger partial charge < -0.3 is 28.2 Å². The summed E-state index contributed by atoms with van der Waals surface area (Å²) in [5.74, 6) is 2.60. The van der Waals surface area contributed by atoms with Crippen molar-refractivity contribution in [3.8, 4) is 23.0 Å². The SMILES string of the molecule is COc1cc(CCN(C)CCCOc2ccc(S(=O)(=O)c3c(C(C)C)c(I)n4ccccc34)cc2)cc(OC)c1OC. The van der Waals surface area contributed by atoms with Gasteiger partial charge in [0.25, 0.3) is 0 Å². The Morgan fingerprint density at radius 3 is 2.19 bits per heavy atom. The first kappa shape index (κ1) is 32.0. The van der Waals surface area contributed by atoms with E-state index in [4.69, 9.17) is 18.9 Å². The Morgan fingerprint density at radius 2 is 1.60 bits per heavy atom. The first-order valence-corrected chi connectivity index (χ1v) is 16.4. The Morgan fingerprint density at radius 1 is 0.929 bits per heavy atom. The number of fused-ring (bicyclic) bond motifs is 1. The lowest BCUT2D eigenvalue weighted by Crippen LogP contribution is -2.23. The van der Waals surface area contributed by atoms with Crippen molar-refractivity contribution in [2.75, 3.05) is 48.1 Å². The van der Waals surface area contributed by atoms with Crippen LogP contribution < -0.4 is 18.9 Å². The van der Waals surface area contributed by atoms with Crippen LogP contribution in [0.3, 0.4) is 0 Å². The number of ether oxygens (including phenoxy) is 4. The van der Waals surface area contributed by atoms with Gasteiger partial charge >= 0.3 is 0 Å². The minimum Gasteiger partial charge on any atom is -0.494 e. The highest BCUT2D eigenvalue weighted by Crippen LogP contribution is 2.39. The monoisotopic (exact) mass is 706 g/mol. The predicted molar refractivity (Wildman–Crippen MR) is 174 cm³/mol. The summed E-state index contributed by atoms with van der Waals surface area (Å²) < 4.78 is 52.8. The smallest absolute Gasteiger partial charge is 0.209 e. The van der Waals surface area contributed by atoms with Gasteiger partial charge in [-0.1, -0.05) is 19.9 Å². The van der Waals surface area contributed by atoms with Crippen LogP contribution >= 0.6 is 22.6 Å². The summed E-state index contributed by atoms with van der Waals surface area (Å²) >= 11 is 2.24. The number of hydrogen-bond donors (Lipinski definition) is 0. The van der Waals surface area contributed by atoms with Crippen LogP contribution in [0.25, 0.3) is 5.52 Å². The van der Waals surface area contributed by atoms with Gasteiger partial charge in [0.05, 0.1) is 42.0 Å². The number of rotatable bonds is 14. The second kappa shape index (κ2) is 14.0. The van der Waals surface area contributed by atoms with Crippen LogP contribution in [0.15, 0.2) is 70.6 Å². The molecule has 0 bridgehead atoms. The number of aromatic nitrogens is 1. The maximum Gasteiger partial charge on any atom is 0.209 e. The normalized spacial score (nSPS) is 11.8. The molecule has 10 heteroatoms. The van der Waals surface area contributed by atoms with E-state index in [2.05, 4.69) is 34.5 Å². The summed E-state index contributed by atoms with van der Waals surface area (Å²) in [7, 11) is 3.19. The third kappa shape index (κ3) is 6.81. The van der Waals surface area contributed by atoms with Crippen molar-refractivity contribution in [2.24, 2.45) is 0 Å². The summed E-state index contributed by atoms with van der Waals surface area (Å²) in [6, 6.07) is 16.3. The summed E-state index contributed by atoms with van der Waals surface area (Å²) in [4.78, 5) is 2.89. The molecule has 0 N–H and O–H groups in total. The first-order valence-electron chi connectivity index (χ1n) is 13.9. The zero-order valence-electron chi connectivity index (χ0n) is 25.0. The fourth-order valence-electron chi connectivity index (χ4n) is 5.01. The van der Waals surface area contributed by atoms with E-state index in [0.29, 0.717) is 40.0 Å². The number of hydrogen-bond acceptors (Lipinski definition) is 7. The van der Waals surface area contributed by atoms with Crippen molar-refractivity contribution in [3.05, 3.63) is 75.6 Å². The number of likely N-dealkylation sites (N-methyl/N-ethyl adjacent to an activating group) is 1. The van der Waals surface area contributed by atoms with Gasteiger partial charge in [0.1, 0.15) is 10.6 Å². The highest BCUT2D eigenvalue weighted by Gasteiger charge is 2.30. The van der Waals surface area contributed by atoms with Gasteiger partial charge in [-0.15, -0.1) is 0 Å². The Hall–Kier alpha value is -2.96. The first-order chi connectivity index (χ1) is 20.1. The van der Waals surface area contributed by atoms with E-state index in [1.165, 1.54) is 0 Å². The largest absolute Gasteiger partial charge is 0.494 e. The zero-order chi connectivity index (χ0) is 30.4. The number of methoxy groups -OCH3 is 3. The van der Waals surface area contributed by atoms with Gasteiger partial charge in [0.15, 0.2) is 11.5 Å². The third-order valence-electron chi connectivity index (χ3n) is 7.21. The van der Waals surface area contributed by atoms with Crippen LogP contribution in [0.2, 0.25) is 0 Å². The van der Waals surface area contributed by atoms with E-state index in [9.17, 15) is 8.42 Å². The Balaban J connectivity index is 1.33. The van der Waals surface area contributed by atoms with Crippen molar-refractivity contribution in [1.29, 1.82) is 0 Å². The zero-order valence-corrected chi connectivity index (χ0v) is 28.0. The molecule has 42 heavy (non-hydrogen) atoms. The fourth-order valence-corrected chi connectivity index (χ4v) is 8.30. The molecule has 0 unspecified atom stereocenters. The van der Waals surface area contributed by atoms with Crippen LogP contribution in [0, 0.1) is 3.70 Å². The highest BCUT2D eigenvalue weighted by atomic mass is 127. The van der Waals surface area contributed by atoms with Gasteiger partial charge in [-0.05, 0) is 102 Å². The van der Waals surface area contributed by atoms with Crippen LogP contribution in [-0.4, -0.2) is 65.8 Å². The average Bonchev–Trinajstić information content (AvgIpc) is 3.31. The molecular formula is C32H39IN2O6S. The molecule has 0 radical (unpaired) electrons. The molecular weight excluding hydrogens is 667 g/mol. The number of sulfone groups is 1. The average molecular weight is 707 g/mol. The number of pyridine rings is 1. The van der Waals surface area contributed by atoms with E-state index in [1.807, 2.05) is 54.8 Å². The number of halogens is 1. The molecule has 2 heterocycles. The van der Waals surface area contributed by atoms with E-state index in [1.54, 1.807) is 45.6 Å². The molecule has 0 aliphatic rings.